The van der Waals surface area contributed by atoms with E-state index in [4.69, 9.17) is 9.57 Å². The number of rotatable bonds is 5. The molecule has 4 rings (SSSR count). The predicted octanol–water partition coefficient (Wildman–Crippen LogP) is 4.63. The van der Waals surface area contributed by atoms with Crippen molar-refractivity contribution in [1.29, 1.82) is 0 Å². The Labute approximate surface area is 148 Å². The highest BCUT2D eigenvalue weighted by molar-refractivity contribution is 9.10. The molecule has 1 aliphatic rings. The van der Waals surface area contributed by atoms with E-state index in [1.54, 1.807) is 0 Å². The van der Waals surface area contributed by atoms with Gasteiger partial charge in [-0.05, 0) is 38.8 Å². The summed E-state index contributed by atoms with van der Waals surface area (Å²) in [5.74, 6) is 0.825. The Bertz CT molecular complexity index is 855. The number of nitrogens with zero attached hydrogens (tertiary/aromatic N) is 2. The fourth-order valence-corrected chi connectivity index (χ4v) is 3.26. The molecule has 5 heteroatoms. The van der Waals surface area contributed by atoms with Crippen LogP contribution < -0.4 is 4.74 Å². The topological polar surface area (TPSA) is 35.8 Å². The molecule has 0 aliphatic carbocycles. The van der Waals surface area contributed by atoms with Crippen LogP contribution in [0.4, 0.5) is 0 Å². The van der Waals surface area contributed by atoms with Crippen LogP contribution in [0.1, 0.15) is 6.42 Å². The lowest BCUT2D eigenvalue weighted by Crippen LogP contribution is -2.19. The molecule has 122 valence electrons. The summed E-state index contributed by atoms with van der Waals surface area (Å²) in [7, 11) is 0. The first kappa shape index (κ1) is 15.3. The van der Waals surface area contributed by atoms with Gasteiger partial charge < -0.3 is 14.1 Å². The highest BCUT2D eigenvalue weighted by Crippen LogP contribution is 2.25. The molecule has 0 amide bonds. The molecule has 0 N–H and O–H groups in total. The number of oxime groups is 1. The summed E-state index contributed by atoms with van der Waals surface area (Å²) in [5, 5.41) is 6.70. The van der Waals surface area contributed by atoms with Crippen molar-refractivity contribution >= 4 is 32.4 Å². The highest BCUT2D eigenvalue weighted by atomic mass is 79.9. The van der Waals surface area contributed by atoms with Crippen LogP contribution in [0.25, 0.3) is 10.8 Å². The van der Waals surface area contributed by atoms with Crippen molar-refractivity contribution in [3.63, 3.8) is 0 Å². The van der Waals surface area contributed by atoms with Crippen molar-refractivity contribution in [2.75, 3.05) is 6.61 Å². The monoisotopic (exact) mass is 384 g/mol. The maximum atomic E-state index is 5.82. The van der Waals surface area contributed by atoms with E-state index < -0.39 is 0 Å². The molecular weight excluding hydrogens is 368 g/mol. The number of para-hydroxylation sites is 1. The second-order valence-corrected chi connectivity index (χ2v) is 6.74. The summed E-state index contributed by atoms with van der Waals surface area (Å²) in [6, 6.07) is 16.2. The summed E-state index contributed by atoms with van der Waals surface area (Å²) in [6.45, 7) is 1.24. The third-order valence-electron chi connectivity index (χ3n) is 4.03. The molecule has 0 radical (unpaired) electrons. The molecule has 0 fully saturated rings. The zero-order valence-electron chi connectivity index (χ0n) is 13.1. The largest absolute Gasteiger partial charge is 0.488 e. The number of ether oxygens (including phenoxy) is 1. The van der Waals surface area contributed by atoms with Gasteiger partial charge >= 0.3 is 0 Å². The number of hydrogen-bond acceptors (Lipinski definition) is 3. The van der Waals surface area contributed by atoms with Crippen LogP contribution in [0.3, 0.4) is 0 Å². The summed E-state index contributed by atoms with van der Waals surface area (Å²) in [4.78, 5) is 5.51. The quantitative estimate of drug-likeness (QED) is 0.642. The molecule has 1 unspecified atom stereocenters. The summed E-state index contributed by atoms with van der Waals surface area (Å²) in [6.07, 6.45) is 5.04. The van der Waals surface area contributed by atoms with Crippen LogP contribution in [0.2, 0.25) is 0 Å². The number of aromatic nitrogens is 1. The highest BCUT2D eigenvalue weighted by Gasteiger charge is 2.22. The lowest BCUT2D eigenvalue weighted by atomic mass is 10.2. The number of hydrogen-bond donors (Lipinski definition) is 0. The summed E-state index contributed by atoms with van der Waals surface area (Å²) >= 11 is 3.48. The van der Waals surface area contributed by atoms with Crippen molar-refractivity contribution in [3.05, 3.63) is 65.4 Å². The first-order valence-electron chi connectivity index (χ1n) is 7.91. The van der Waals surface area contributed by atoms with E-state index >= 15 is 0 Å². The van der Waals surface area contributed by atoms with Crippen molar-refractivity contribution < 1.29 is 9.57 Å². The fraction of sp³-hybridized carbons (Fsp3) is 0.211. The molecular formula is C19H17BrN2O2. The molecule has 0 saturated heterocycles. The Kier molecular flexibility index (Phi) is 4.26. The first-order chi connectivity index (χ1) is 11.8. The van der Waals surface area contributed by atoms with E-state index in [-0.39, 0.29) is 6.10 Å². The van der Waals surface area contributed by atoms with Crippen molar-refractivity contribution in [2.45, 2.75) is 19.1 Å². The molecule has 1 aromatic heterocycles. The molecule has 2 aromatic carbocycles. The molecule has 2 heterocycles. The molecule has 1 aliphatic heterocycles. The van der Waals surface area contributed by atoms with Crippen molar-refractivity contribution in [1.82, 2.24) is 4.57 Å². The van der Waals surface area contributed by atoms with Crippen LogP contribution in [0.15, 0.2) is 70.6 Å². The summed E-state index contributed by atoms with van der Waals surface area (Å²) < 4.78 is 8.92. The van der Waals surface area contributed by atoms with Gasteiger partial charge in [-0.2, -0.15) is 0 Å². The Hall–Kier alpha value is -2.27. The predicted molar refractivity (Wildman–Crippen MR) is 98.5 cm³/mol. The van der Waals surface area contributed by atoms with Crippen LogP contribution in [0.5, 0.6) is 5.75 Å². The normalized spacial score (nSPS) is 16.9. The van der Waals surface area contributed by atoms with Gasteiger partial charge in [-0.1, -0.05) is 41.6 Å². The minimum atomic E-state index is -0.0305. The van der Waals surface area contributed by atoms with E-state index in [9.17, 15) is 0 Å². The van der Waals surface area contributed by atoms with E-state index in [1.165, 1.54) is 10.8 Å². The van der Waals surface area contributed by atoms with Gasteiger partial charge in [0.1, 0.15) is 12.4 Å². The Morgan fingerprint density at radius 2 is 1.79 bits per heavy atom. The lowest BCUT2D eigenvalue weighted by Gasteiger charge is -2.11. The third-order valence-corrected chi connectivity index (χ3v) is 4.68. The SMILES string of the molecule is Brc1ccccc1OCC1CC(Cn2cc3ccccc3c2)=NO1. The third kappa shape index (κ3) is 3.31. The Morgan fingerprint density at radius 1 is 1.08 bits per heavy atom. The molecule has 4 nitrogen and oxygen atoms in total. The lowest BCUT2D eigenvalue weighted by molar-refractivity contribution is 0.0468. The number of halogens is 1. The average molecular weight is 385 g/mol. The van der Waals surface area contributed by atoms with Crippen molar-refractivity contribution in [3.8, 4) is 5.75 Å². The Balaban J connectivity index is 1.33. The van der Waals surface area contributed by atoms with E-state index in [0.29, 0.717) is 6.61 Å². The Morgan fingerprint density at radius 3 is 2.54 bits per heavy atom. The standard InChI is InChI=1S/C19H17BrN2O2/c20-18-7-3-4-8-19(18)23-13-17-9-16(21-24-17)12-22-10-14-5-1-2-6-15(14)11-22/h1-8,10-11,17H,9,12-13H2. The van der Waals surface area contributed by atoms with Gasteiger partial charge in [0.2, 0.25) is 0 Å². The molecule has 24 heavy (non-hydrogen) atoms. The first-order valence-corrected chi connectivity index (χ1v) is 8.70. The fourth-order valence-electron chi connectivity index (χ4n) is 2.86. The van der Waals surface area contributed by atoms with Gasteiger partial charge in [-0.15, -0.1) is 0 Å². The molecule has 3 aromatic rings. The van der Waals surface area contributed by atoms with E-state index in [0.717, 1.165) is 28.9 Å². The zero-order chi connectivity index (χ0) is 16.4. The van der Waals surface area contributed by atoms with Crippen LogP contribution in [-0.4, -0.2) is 23.0 Å². The van der Waals surface area contributed by atoms with Gasteiger partial charge in [-0.3, -0.25) is 0 Å². The zero-order valence-corrected chi connectivity index (χ0v) is 14.6. The van der Waals surface area contributed by atoms with E-state index in [2.05, 4.69) is 62.3 Å². The minimum Gasteiger partial charge on any atom is -0.488 e. The maximum Gasteiger partial charge on any atom is 0.166 e. The van der Waals surface area contributed by atoms with Crippen LogP contribution in [0, 0.1) is 0 Å². The number of benzene rings is 2. The van der Waals surface area contributed by atoms with Gasteiger partial charge in [0, 0.05) is 18.8 Å². The summed E-state index contributed by atoms with van der Waals surface area (Å²) in [5.41, 5.74) is 1.04. The smallest absolute Gasteiger partial charge is 0.166 e. The number of fused-ring (bicyclic) bond motifs is 1. The van der Waals surface area contributed by atoms with Gasteiger partial charge in [0.05, 0.1) is 16.7 Å². The van der Waals surface area contributed by atoms with Crippen LogP contribution in [-0.2, 0) is 11.4 Å². The van der Waals surface area contributed by atoms with Gasteiger partial charge in [0.15, 0.2) is 6.10 Å². The molecule has 0 spiro atoms. The minimum absolute atomic E-state index is 0.0305. The second-order valence-electron chi connectivity index (χ2n) is 5.89. The molecule has 0 bridgehead atoms. The van der Waals surface area contributed by atoms with Crippen LogP contribution >= 0.6 is 15.9 Å². The van der Waals surface area contributed by atoms with Crippen molar-refractivity contribution in [2.24, 2.45) is 5.16 Å². The average Bonchev–Trinajstić information content (AvgIpc) is 3.20. The van der Waals surface area contributed by atoms with Gasteiger partial charge in [-0.25, -0.2) is 0 Å². The second kappa shape index (κ2) is 6.69. The maximum absolute atomic E-state index is 5.82. The molecule has 1 atom stereocenters. The van der Waals surface area contributed by atoms with Gasteiger partial charge in [0.25, 0.3) is 0 Å². The van der Waals surface area contributed by atoms with E-state index in [1.807, 2.05) is 24.3 Å². The molecule has 0 saturated carbocycles.